The summed E-state index contributed by atoms with van der Waals surface area (Å²) in [6.07, 6.45) is 0. The number of nitrogens with zero attached hydrogens (tertiary/aromatic N) is 1. The molecule has 0 saturated carbocycles. The molecular weight excluding hydrogens is 202 g/mol. The van der Waals surface area contributed by atoms with Gasteiger partial charge in [0.05, 0.1) is 27.7 Å². The molecule has 14 heavy (non-hydrogen) atoms. The maximum Gasteiger partial charge on any atom is 0.483 e. The Morgan fingerprint density at radius 3 is 1.36 bits per heavy atom. The number of hydrogen-bond donors (Lipinski definition) is 1. The van der Waals surface area contributed by atoms with Gasteiger partial charge in [-0.1, -0.05) is 0 Å². The lowest BCUT2D eigenvalue weighted by Gasteiger charge is -2.21. The Morgan fingerprint density at radius 1 is 1.00 bits per heavy atom. The highest BCUT2D eigenvalue weighted by Gasteiger charge is 2.05. The highest BCUT2D eigenvalue weighted by molar-refractivity contribution is 6.36. The van der Waals surface area contributed by atoms with Gasteiger partial charge in [0, 0.05) is 21.3 Å². The molecule has 0 bridgehead atoms. The van der Waals surface area contributed by atoms with E-state index < -0.39 is 9.53 Å². The summed E-state index contributed by atoms with van der Waals surface area (Å²) in [5.74, 6) is 0. The number of quaternary nitrogens is 1. The second-order valence-electron chi connectivity index (χ2n) is 3.73. The topological polar surface area (TPSA) is 47.9 Å². The van der Waals surface area contributed by atoms with Crippen LogP contribution < -0.4 is 0 Å². The van der Waals surface area contributed by atoms with Crippen LogP contribution in [0.2, 0.25) is 0 Å². The molecule has 0 atom stereocenters. The third kappa shape index (κ3) is 14.5. The van der Waals surface area contributed by atoms with Crippen molar-refractivity contribution in [3.8, 4) is 0 Å². The zero-order chi connectivity index (χ0) is 11.6. The minimum absolute atomic E-state index is 0.281. The van der Waals surface area contributed by atoms with E-state index in [1.165, 1.54) is 0 Å². The van der Waals surface area contributed by atoms with Gasteiger partial charge in [-0.2, -0.15) is 0 Å². The number of rotatable bonds is 5. The van der Waals surface area contributed by atoms with Crippen LogP contribution in [0.5, 0.6) is 0 Å². The molecule has 0 unspecified atom stereocenters. The van der Waals surface area contributed by atoms with Crippen molar-refractivity contribution in [2.45, 2.75) is 0 Å². The van der Waals surface area contributed by atoms with Gasteiger partial charge < -0.3 is 22.9 Å². The molecule has 0 fully saturated rings. The number of hydrogen-bond acceptors (Lipinski definition) is 4. The van der Waals surface area contributed by atoms with E-state index in [4.69, 9.17) is 18.4 Å². The van der Waals surface area contributed by atoms with Crippen LogP contribution >= 0.6 is 0 Å². The average Bonchev–Trinajstić information content (AvgIpc) is 2.06. The molecule has 0 radical (unpaired) electrons. The average molecular weight is 226 g/mol. The van der Waals surface area contributed by atoms with Crippen molar-refractivity contribution in [1.29, 1.82) is 0 Å². The molecular formula is C8H24NO4Si+. The molecule has 0 aromatic heterocycles. The van der Waals surface area contributed by atoms with Crippen LogP contribution in [0.25, 0.3) is 0 Å². The van der Waals surface area contributed by atoms with Gasteiger partial charge in [-0.05, 0) is 0 Å². The Bertz CT molecular complexity index is 109. The Hall–Kier alpha value is 0.0169. The predicted octanol–water partition coefficient (Wildman–Crippen LogP) is -0.672. The normalized spacial score (nSPS) is 11.1. The Labute approximate surface area is 88.8 Å². The smallest absolute Gasteiger partial charge is 0.391 e. The van der Waals surface area contributed by atoms with Crippen LogP contribution in [0.4, 0.5) is 0 Å². The second-order valence-corrected chi connectivity index (χ2v) is 5.72. The van der Waals surface area contributed by atoms with Gasteiger partial charge >= 0.3 is 9.53 Å². The molecule has 1 N–H and O–H groups in total. The van der Waals surface area contributed by atoms with Gasteiger partial charge in [-0.25, -0.2) is 0 Å². The van der Waals surface area contributed by atoms with Crippen molar-refractivity contribution in [3.05, 3.63) is 0 Å². The summed E-state index contributed by atoms with van der Waals surface area (Å²) >= 11 is 0. The summed E-state index contributed by atoms with van der Waals surface area (Å²) < 4.78 is 15.1. The van der Waals surface area contributed by atoms with Crippen molar-refractivity contribution in [2.24, 2.45) is 0 Å². The predicted molar refractivity (Wildman–Crippen MR) is 58.2 cm³/mol. The minimum atomic E-state index is -1.67. The maximum atomic E-state index is 8.39. The zero-order valence-electron chi connectivity index (χ0n) is 10.1. The monoisotopic (exact) mass is 226 g/mol. The van der Waals surface area contributed by atoms with Crippen LogP contribution in [0, 0.1) is 0 Å². The molecule has 0 rings (SSSR count). The van der Waals surface area contributed by atoms with Crippen molar-refractivity contribution in [2.75, 3.05) is 55.6 Å². The summed E-state index contributed by atoms with van der Waals surface area (Å²) in [5.41, 5.74) is 0. The van der Waals surface area contributed by atoms with Crippen molar-refractivity contribution in [1.82, 2.24) is 0 Å². The van der Waals surface area contributed by atoms with Gasteiger partial charge in [-0.15, -0.1) is 0 Å². The standard InChI is InChI=1S/C5H14NO.C3H10O3Si/c1-6(2,3)4-5-7;1-4-7(5-2)6-3/h7H,4-5H2,1-3H3;7H,1-3H3/q+1;. The van der Waals surface area contributed by atoms with E-state index in [-0.39, 0.29) is 6.61 Å². The minimum Gasteiger partial charge on any atom is -0.391 e. The van der Waals surface area contributed by atoms with Gasteiger partial charge in [0.1, 0.15) is 6.54 Å². The molecule has 6 heteroatoms. The van der Waals surface area contributed by atoms with E-state index in [1.54, 1.807) is 21.3 Å². The summed E-state index contributed by atoms with van der Waals surface area (Å²) in [6.45, 7) is 1.11. The molecule has 88 valence electrons. The molecule has 0 saturated heterocycles. The van der Waals surface area contributed by atoms with Crippen LogP contribution in [-0.2, 0) is 13.3 Å². The lowest BCUT2D eigenvalue weighted by molar-refractivity contribution is -0.870. The van der Waals surface area contributed by atoms with Crippen molar-refractivity contribution < 1.29 is 22.9 Å². The molecule has 0 spiro atoms. The fourth-order valence-corrected chi connectivity index (χ4v) is 1.17. The van der Waals surface area contributed by atoms with Crippen LogP contribution in [0.3, 0.4) is 0 Å². The highest BCUT2D eigenvalue weighted by atomic mass is 28.3. The molecule has 0 aliphatic rings. The highest BCUT2D eigenvalue weighted by Crippen LogP contribution is 1.84. The fourth-order valence-electron chi connectivity index (χ4n) is 0.589. The van der Waals surface area contributed by atoms with E-state index in [1.807, 2.05) is 0 Å². The Balaban J connectivity index is 0. The molecule has 0 aliphatic heterocycles. The summed E-state index contributed by atoms with van der Waals surface area (Å²) in [5, 5.41) is 8.39. The molecule has 0 heterocycles. The SMILES string of the molecule is CO[SiH](OC)OC.C[N+](C)(C)CCO. The van der Waals surface area contributed by atoms with E-state index in [9.17, 15) is 0 Å². The van der Waals surface area contributed by atoms with Gasteiger partial charge in [0.2, 0.25) is 0 Å². The van der Waals surface area contributed by atoms with Crippen molar-refractivity contribution in [3.63, 3.8) is 0 Å². The van der Waals surface area contributed by atoms with E-state index in [2.05, 4.69) is 21.1 Å². The van der Waals surface area contributed by atoms with Gasteiger partial charge in [-0.3, -0.25) is 0 Å². The van der Waals surface area contributed by atoms with Gasteiger partial charge in [0.25, 0.3) is 0 Å². The quantitative estimate of drug-likeness (QED) is 0.499. The maximum absolute atomic E-state index is 8.39. The first-order valence-electron chi connectivity index (χ1n) is 4.41. The van der Waals surface area contributed by atoms with E-state index in [0.717, 1.165) is 11.0 Å². The Morgan fingerprint density at radius 2 is 1.36 bits per heavy atom. The fraction of sp³-hybridized carbons (Fsp3) is 1.00. The number of likely N-dealkylation sites (N-methyl/N-ethyl adjacent to an activating group) is 1. The van der Waals surface area contributed by atoms with Crippen molar-refractivity contribution >= 4 is 9.53 Å². The number of aliphatic hydroxyl groups is 1. The summed E-state index contributed by atoms with van der Waals surface area (Å²) in [6, 6.07) is 0. The van der Waals surface area contributed by atoms with Crippen LogP contribution in [0.1, 0.15) is 0 Å². The molecule has 5 nitrogen and oxygen atoms in total. The lowest BCUT2D eigenvalue weighted by Crippen LogP contribution is -2.36. The van der Waals surface area contributed by atoms with Crippen LogP contribution in [0.15, 0.2) is 0 Å². The zero-order valence-corrected chi connectivity index (χ0v) is 11.3. The lowest BCUT2D eigenvalue weighted by atomic mass is 10.5. The second kappa shape index (κ2) is 9.57. The van der Waals surface area contributed by atoms with Crippen LogP contribution in [-0.4, -0.2) is 74.7 Å². The first-order valence-corrected chi connectivity index (χ1v) is 5.82. The third-order valence-electron chi connectivity index (χ3n) is 1.35. The summed E-state index contributed by atoms with van der Waals surface area (Å²) in [4.78, 5) is 0. The first kappa shape index (κ1) is 16.4. The molecule has 0 aromatic carbocycles. The largest absolute Gasteiger partial charge is 0.483 e. The summed E-state index contributed by atoms with van der Waals surface area (Å²) in [7, 11) is 9.20. The Kier molecular flexibility index (Phi) is 11.2. The first-order chi connectivity index (χ1) is 6.41. The number of aliphatic hydroxyl groups excluding tert-OH is 1. The van der Waals surface area contributed by atoms with Gasteiger partial charge in [0.15, 0.2) is 0 Å². The third-order valence-corrected chi connectivity index (χ3v) is 2.50. The molecule has 0 aliphatic carbocycles. The van der Waals surface area contributed by atoms with E-state index >= 15 is 0 Å². The van der Waals surface area contributed by atoms with E-state index in [0.29, 0.717) is 0 Å². The molecule has 0 amide bonds. The molecule has 0 aromatic rings.